The number of alkyl carbamates (subject to hydrolysis) is 1. The molecule has 0 aliphatic carbocycles. The van der Waals surface area contributed by atoms with Gasteiger partial charge in [0.2, 0.25) is 11.5 Å². The molecule has 12 heteroatoms. The fraction of sp³-hybridized carbons (Fsp3) is 0.333. The first kappa shape index (κ1) is 32.4. The highest BCUT2D eigenvalue weighted by molar-refractivity contribution is 5.91. The van der Waals surface area contributed by atoms with E-state index in [1.807, 2.05) is 36.4 Å². The zero-order chi connectivity index (χ0) is 34.2. The standard InChI is InChI=1S/C36H36N4O8/c1-5-36(47-29(41)18-37-31(42)27(15-21-11-7-6-8-12-21)39-34(45)48-35(2,3)4)25-17-28-30-23(16-22-13-9-10-14-26(22)38-30)19-40(28)32(43)24(25)20-46-33(36)44/h6-14,16-17,27H,5,15,18-20H2,1-4H3,(H,37,42)(H,39,45)/t27?,36-/m0/s1. The summed E-state index contributed by atoms with van der Waals surface area (Å²) in [6.07, 6.45) is -0.703. The SMILES string of the molecule is CC[C@@]1(OC(=O)CNC(=O)C(Cc2ccccc2)NC(=O)OC(C)(C)C)C(=O)OCc2c1cc1n(c2=O)Cc2cc3ccccc3nc2-1. The second-order valence-electron chi connectivity index (χ2n) is 12.8. The Morgan fingerprint density at radius 3 is 2.50 bits per heavy atom. The topological polar surface area (TPSA) is 155 Å². The quantitative estimate of drug-likeness (QED) is 0.188. The molecule has 0 fully saturated rings. The molecule has 6 rings (SSSR count). The van der Waals surface area contributed by atoms with Crippen LogP contribution in [-0.2, 0) is 53.8 Å². The van der Waals surface area contributed by atoms with Gasteiger partial charge in [0.25, 0.3) is 5.56 Å². The molecule has 2 aliphatic heterocycles. The second-order valence-corrected chi connectivity index (χ2v) is 12.8. The summed E-state index contributed by atoms with van der Waals surface area (Å²) >= 11 is 0. The van der Waals surface area contributed by atoms with Gasteiger partial charge in [-0.05, 0) is 51.0 Å². The maximum atomic E-state index is 13.8. The number of benzene rings is 2. The Morgan fingerprint density at radius 2 is 1.77 bits per heavy atom. The van der Waals surface area contributed by atoms with Gasteiger partial charge in [0.05, 0.1) is 29.0 Å². The Labute approximate surface area is 276 Å². The molecule has 248 valence electrons. The number of carbonyl (C=O) groups excluding carboxylic acids is 4. The van der Waals surface area contributed by atoms with Gasteiger partial charge in [-0.2, -0.15) is 0 Å². The molecule has 2 amide bonds. The number of fused-ring (bicyclic) bond motifs is 5. The number of nitrogens with one attached hydrogen (secondary N) is 2. The van der Waals surface area contributed by atoms with E-state index in [2.05, 4.69) is 10.6 Å². The third-order valence-electron chi connectivity index (χ3n) is 8.37. The highest BCUT2D eigenvalue weighted by atomic mass is 16.6. The van der Waals surface area contributed by atoms with Gasteiger partial charge >= 0.3 is 18.0 Å². The Balaban J connectivity index is 1.24. The van der Waals surface area contributed by atoms with Crippen molar-refractivity contribution >= 4 is 34.8 Å². The van der Waals surface area contributed by atoms with E-state index in [4.69, 9.17) is 19.2 Å². The van der Waals surface area contributed by atoms with E-state index in [0.717, 1.165) is 22.0 Å². The van der Waals surface area contributed by atoms with Crippen molar-refractivity contribution in [3.63, 3.8) is 0 Å². The van der Waals surface area contributed by atoms with Gasteiger partial charge in [-0.15, -0.1) is 0 Å². The van der Waals surface area contributed by atoms with Crippen LogP contribution < -0.4 is 16.2 Å². The number of hydrogen-bond donors (Lipinski definition) is 2. The van der Waals surface area contributed by atoms with E-state index in [-0.39, 0.29) is 36.1 Å². The number of esters is 2. The molecule has 2 aliphatic rings. The third kappa shape index (κ3) is 6.25. The zero-order valence-corrected chi connectivity index (χ0v) is 27.1. The van der Waals surface area contributed by atoms with Crippen molar-refractivity contribution in [1.82, 2.24) is 20.2 Å². The van der Waals surface area contributed by atoms with Crippen molar-refractivity contribution in [2.75, 3.05) is 6.54 Å². The van der Waals surface area contributed by atoms with Gasteiger partial charge in [0.1, 0.15) is 24.8 Å². The Bertz CT molecular complexity index is 2000. The lowest BCUT2D eigenvalue weighted by molar-refractivity contribution is -0.189. The molecule has 12 nitrogen and oxygen atoms in total. The van der Waals surface area contributed by atoms with Crippen molar-refractivity contribution in [2.45, 2.75) is 70.9 Å². The summed E-state index contributed by atoms with van der Waals surface area (Å²) < 4.78 is 18.2. The lowest BCUT2D eigenvalue weighted by Gasteiger charge is -2.35. The first-order valence-electron chi connectivity index (χ1n) is 15.7. The van der Waals surface area contributed by atoms with Crippen molar-refractivity contribution in [3.8, 4) is 11.4 Å². The van der Waals surface area contributed by atoms with Gasteiger partial charge in [0, 0.05) is 22.9 Å². The van der Waals surface area contributed by atoms with E-state index in [1.165, 1.54) is 0 Å². The summed E-state index contributed by atoms with van der Waals surface area (Å²) in [6, 6.07) is 19.3. The van der Waals surface area contributed by atoms with Crippen LogP contribution in [0.15, 0.2) is 71.5 Å². The minimum Gasteiger partial charge on any atom is -0.457 e. The highest BCUT2D eigenvalue weighted by Gasteiger charge is 2.50. The van der Waals surface area contributed by atoms with Crippen LogP contribution >= 0.6 is 0 Å². The number of amides is 2. The number of hydrogen-bond acceptors (Lipinski definition) is 9. The highest BCUT2D eigenvalue weighted by Crippen LogP contribution is 2.41. The molecule has 2 N–H and O–H groups in total. The predicted molar refractivity (Wildman–Crippen MR) is 175 cm³/mol. The van der Waals surface area contributed by atoms with E-state index in [9.17, 15) is 24.0 Å². The second kappa shape index (κ2) is 12.6. The lowest BCUT2D eigenvalue weighted by atomic mass is 9.85. The van der Waals surface area contributed by atoms with Crippen molar-refractivity contribution in [3.05, 3.63) is 99.3 Å². The van der Waals surface area contributed by atoms with Crippen LogP contribution in [0.1, 0.15) is 56.4 Å². The van der Waals surface area contributed by atoms with Crippen LogP contribution in [-0.4, -0.2) is 51.7 Å². The molecule has 1 unspecified atom stereocenters. The molecule has 2 aromatic carbocycles. The molecule has 4 aromatic rings. The molecule has 0 bridgehead atoms. The smallest absolute Gasteiger partial charge is 0.408 e. The number of pyridine rings is 2. The number of carbonyl (C=O) groups is 4. The number of rotatable bonds is 8. The fourth-order valence-corrected chi connectivity index (χ4v) is 6.10. The summed E-state index contributed by atoms with van der Waals surface area (Å²) in [5, 5.41) is 6.02. The van der Waals surface area contributed by atoms with E-state index in [1.54, 1.807) is 62.6 Å². The maximum Gasteiger partial charge on any atom is 0.408 e. The summed E-state index contributed by atoms with van der Waals surface area (Å²) in [4.78, 5) is 71.2. The zero-order valence-electron chi connectivity index (χ0n) is 27.1. The summed E-state index contributed by atoms with van der Waals surface area (Å²) in [7, 11) is 0. The third-order valence-corrected chi connectivity index (χ3v) is 8.37. The number of para-hydroxylation sites is 1. The number of cyclic esters (lactones) is 1. The Hall–Kier alpha value is -5.52. The van der Waals surface area contributed by atoms with Crippen LogP contribution in [0, 0.1) is 0 Å². The molecule has 0 saturated carbocycles. The van der Waals surface area contributed by atoms with Crippen LogP contribution in [0.4, 0.5) is 4.79 Å². The van der Waals surface area contributed by atoms with E-state index >= 15 is 0 Å². The first-order valence-corrected chi connectivity index (χ1v) is 15.7. The van der Waals surface area contributed by atoms with Gasteiger partial charge in [0.15, 0.2) is 0 Å². The van der Waals surface area contributed by atoms with Crippen LogP contribution in [0.2, 0.25) is 0 Å². The molecule has 0 radical (unpaired) electrons. The fourth-order valence-electron chi connectivity index (χ4n) is 6.10. The monoisotopic (exact) mass is 652 g/mol. The minimum atomic E-state index is -1.93. The Kier molecular flexibility index (Phi) is 8.50. The number of nitrogens with zero attached hydrogens (tertiary/aromatic N) is 2. The average Bonchev–Trinajstić information content (AvgIpc) is 3.41. The molecule has 0 saturated heterocycles. The molecule has 4 heterocycles. The van der Waals surface area contributed by atoms with Crippen LogP contribution in [0.5, 0.6) is 0 Å². The van der Waals surface area contributed by atoms with Crippen LogP contribution in [0.25, 0.3) is 22.3 Å². The van der Waals surface area contributed by atoms with Gasteiger partial charge in [-0.1, -0.05) is 55.5 Å². The molecule has 0 spiro atoms. The molecular weight excluding hydrogens is 616 g/mol. The molecule has 48 heavy (non-hydrogen) atoms. The predicted octanol–water partition coefficient (Wildman–Crippen LogP) is 3.88. The van der Waals surface area contributed by atoms with E-state index < -0.39 is 47.7 Å². The van der Waals surface area contributed by atoms with Crippen molar-refractivity contribution in [2.24, 2.45) is 0 Å². The van der Waals surface area contributed by atoms with Gasteiger partial charge in [-0.3, -0.25) is 14.4 Å². The Morgan fingerprint density at radius 1 is 1.04 bits per heavy atom. The average molecular weight is 653 g/mol. The summed E-state index contributed by atoms with van der Waals surface area (Å²) in [6.45, 7) is 6.16. The van der Waals surface area contributed by atoms with Crippen molar-refractivity contribution < 1.29 is 33.4 Å². The van der Waals surface area contributed by atoms with Gasteiger partial charge < -0.3 is 29.4 Å². The number of aromatic nitrogens is 2. The summed E-state index contributed by atoms with van der Waals surface area (Å²) in [5.74, 6) is -2.42. The maximum absolute atomic E-state index is 13.8. The summed E-state index contributed by atoms with van der Waals surface area (Å²) in [5.41, 5.74) is 0.843. The lowest BCUT2D eigenvalue weighted by Crippen LogP contribution is -2.52. The van der Waals surface area contributed by atoms with Gasteiger partial charge in [-0.25, -0.2) is 14.6 Å². The largest absolute Gasteiger partial charge is 0.457 e. The normalized spacial score (nSPS) is 17.0. The first-order chi connectivity index (χ1) is 22.9. The van der Waals surface area contributed by atoms with Crippen LogP contribution in [0.3, 0.4) is 0 Å². The molecule has 2 atom stereocenters. The van der Waals surface area contributed by atoms with E-state index in [0.29, 0.717) is 17.9 Å². The molecule has 2 aromatic heterocycles. The van der Waals surface area contributed by atoms with Crippen molar-refractivity contribution in [1.29, 1.82) is 0 Å². The number of ether oxygens (including phenoxy) is 3. The minimum absolute atomic E-state index is 0.0315. The molecular formula is C36H36N4O8.